The van der Waals surface area contributed by atoms with Crippen LogP contribution in [0.1, 0.15) is 16.8 Å². The topological polar surface area (TPSA) is 29.9 Å². The van der Waals surface area contributed by atoms with E-state index in [1.54, 1.807) is 0 Å². The molecule has 0 saturated carbocycles. The SMILES string of the molecule is Clc1ccc(-c2nn(Cc3ccccc3)c3c2CCNCC3)cc1. The maximum Gasteiger partial charge on any atom is 0.0958 e. The molecule has 2 heterocycles. The molecule has 0 fully saturated rings. The summed E-state index contributed by atoms with van der Waals surface area (Å²) in [5.74, 6) is 0. The van der Waals surface area contributed by atoms with Crippen molar-refractivity contribution in [2.75, 3.05) is 13.1 Å². The Hall–Kier alpha value is -2.10. The molecule has 24 heavy (non-hydrogen) atoms. The molecule has 3 aromatic rings. The van der Waals surface area contributed by atoms with E-state index in [2.05, 4.69) is 52.5 Å². The standard InChI is InChI=1S/C20H20ClN3/c21-17-8-6-16(7-9-17)20-18-10-12-22-13-11-19(18)24(23-20)14-15-4-2-1-3-5-15/h1-9,22H,10-14H2. The molecule has 0 radical (unpaired) electrons. The van der Waals surface area contributed by atoms with Crippen molar-refractivity contribution < 1.29 is 0 Å². The number of nitrogens with zero attached hydrogens (tertiary/aromatic N) is 2. The highest BCUT2D eigenvalue weighted by Crippen LogP contribution is 2.28. The second-order valence-electron chi connectivity index (χ2n) is 6.17. The number of halogens is 1. The Morgan fingerprint density at radius 1 is 0.958 bits per heavy atom. The molecule has 0 bridgehead atoms. The van der Waals surface area contributed by atoms with Crippen LogP contribution in [0.4, 0.5) is 0 Å². The highest BCUT2D eigenvalue weighted by Gasteiger charge is 2.20. The molecule has 1 aliphatic rings. The fourth-order valence-corrected chi connectivity index (χ4v) is 3.47. The Labute approximate surface area is 147 Å². The van der Waals surface area contributed by atoms with Crippen molar-refractivity contribution >= 4 is 11.6 Å². The van der Waals surface area contributed by atoms with Crippen molar-refractivity contribution in [3.8, 4) is 11.3 Å². The molecule has 2 aromatic carbocycles. The van der Waals surface area contributed by atoms with Gasteiger partial charge in [0.15, 0.2) is 0 Å². The van der Waals surface area contributed by atoms with Crippen molar-refractivity contribution in [1.29, 1.82) is 0 Å². The molecule has 122 valence electrons. The van der Waals surface area contributed by atoms with Gasteiger partial charge in [0.05, 0.1) is 12.2 Å². The molecule has 3 nitrogen and oxygen atoms in total. The van der Waals surface area contributed by atoms with E-state index in [0.29, 0.717) is 0 Å². The molecule has 1 aromatic heterocycles. The van der Waals surface area contributed by atoms with Crippen LogP contribution in [0.5, 0.6) is 0 Å². The molecule has 0 spiro atoms. The number of benzene rings is 2. The molecule has 4 heteroatoms. The fraction of sp³-hybridized carbons (Fsp3) is 0.250. The molecule has 0 atom stereocenters. The number of hydrogen-bond acceptors (Lipinski definition) is 2. The van der Waals surface area contributed by atoms with Gasteiger partial charge in [-0.15, -0.1) is 0 Å². The third kappa shape index (κ3) is 3.10. The second-order valence-corrected chi connectivity index (χ2v) is 6.61. The Balaban J connectivity index is 1.78. The van der Waals surface area contributed by atoms with Gasteiger partial charge in [0.25, 0.3) is 0 Å². The molecule has 0 unspecified atom stereocenters. The summed E-state index contributed by atoms with van der Waals surface area (Å²) in [6, 6.07) is 18.5. The van der Waals surface area contributed by atoms with Crippen LogP contribution in [0.15, 0.2) is 54.6 Å². The minimum absolute atomic E-state index is 0.759. The van der Waals surface area contributed by atoms with Crippen LogP contribution in [-0.2, 0) is 19.4 Å². The van der Waals surface area contributed by atoms with Gasteiger partial charge in [0.1, 0.15) is 0 Å². The lowest BCUT2D eigenvalue weighted by molar-refractivity contribution is 0.628. The lowest BCUT2D eigenvalue weighted by Crippen LogP contribution is -2.17. The van der Waals surface area contributed by atoms with E-state index in [1.807, 2.05) is 12.1 Å². The number of hydrogen-bond donors (Lipinski definition) is 1. The first-order chi connectivity index (χ1) is 11.8. The zero-order valence-electron chi connectivity index (χ0n) is 13.5. The summed E-state index contributed by atoms with van der Waals surface area (Å²) in [5.41, 5.74) is 6.25. The summed E-state index contributed by atoms with van der Waals surface area (Å²) < 4.78 is 2.18. The van der Waals surface area contributed by atoms with E-state index >= 15 is 0 Å². The van der Waals surface area contributed by atoms with Gasteiger partial charge in [-0.25, -0.2) is 0 Å². The van der Waals surface area contributed by atoms with E-state index in [4.69, 9.17) is 16.7 Å². The minimum Gasteiger partial charge on any atom is -0.316 e. The van der Waals surface area contributed by atoms with Gasteiger partial charge >= 0.3 is 0 Å². The average Bonchev–Trinajstić information content (AvgIpc) is 2.79. The van der Waals surface area contributed by atoms with Gasteiger partial charge in [-0.3, -0.25) is 4.68 Å². The van der Waals surface area contributed by atoms with Crippen molar-refractivity contribution in [2.45, 2.75) is 19.4 Å². The van der Waals surface area contributed by atoms with Gasteiger partial charge in [-0.1, -0.05) is 54.1 Å². The Morgan fingerprint density at radius 2 is 1.71 bits per heavy atom. The Bertz CT molecular complexity index is 822. The van der Waals surface area contributed by atoms with Crippen molar-refractivity contribution in [3.05, 3.63) is 76.4 Å². The summed E-state index contributed by atoms with van der Waals surface area (Å²) in [4.78, 5) is 0. The monoisotopic (exact) mass is 337 g/mol. The van der Waals surface area contributed by atoms with Crippen molar-refractivity contribution in [2.24, 2.45) is 0 Å². The summed E-state index contributed by atoms with van der Waals surface area (Å²) in [7, 11) is 0. The largest absolute Gasteiger partial charge is 0.316 e. The van der Waals surface area contributed by atoms with Crippen LogP contribution in [-0.4, -0.2) is 22.9 Å². The molecule has 0 aliphatic carbocycles. The predicted molar refractivity (Wildman–Crippen MR) is 98.5 cm³/mol. The zero-order valence-corrected chi connectivity index (χ0v) is 14.3. The molecular formula is C20H20ClN3. The summed E-state index contributed by atoms with van der Waals surface area (Å²) in [6.07, 6.45) is 2.03. The maximum atomic E-state index is 6.05. The molecule has 0 saturated heterocycles. The van der Waals surface area contributed by atoms with E-state index in [1.165, 1.54) is 16.8 Å². The highest BCUT2D eigenvalue weighted by atomic mass is 35.5. The van der Waals surface area contributed by atoms with E-state index in [0.717, 1.165) is 48.8 Å². The fourth-order valence-electron chi connectivity index (χ4n) is 3.35. The number of fused-ring (bicyclic) bond motifs is 1. The maximum absolute atomic E-state index is 6.05. The van der Waals surface area contributed by atoms with Crippen molar-refractivity contribution in [1.82, 2.24) is 15.1 Å². The molecule has 1 N–H and O–H groups in total. The minimum atomic E-state index is 0.759. The zero-order chi connectivity index (χ0) is 16.4. The number of rotatable bonds is 3. The van der Waals surface area contributed by atoms with Gasteiger partial charge in [-0.2, -0.15) is 5.10 Å². The molecule has 1 aliphatic heterocycles. The van der Waals surface area contributed by atoms with Gasteiger partial charge in [0.2, 0.25) is 0 Å². The highest BCUT2D eigenvalue weighted by molar-refractivity contribution is 6.30. The van der Waals surface area contributed by atoms with Crippen LogP contribution < -0.4 is 5.32 Å². The summed E-state index contributed by atoms with van der Waals surface area (Å²) in [6.45, 7) is 2.83. The van der Waals surface area contributed by atoms with Crippen LogP contribution in [0.2, 0.25) is 5.02 Å². The van der Waals surface area contributed by atoms with Crippen LogP contribution in [0.3, 0.4) is 0 Å². The summed E-state index contributed by atoms with van der Waals surface area (Å²) >= 11 is 6.05. The van der Waals surface area contributed by atoms with E-state index in [9.17, 15) is 0 Å². The number of aromatic nitrogens is 2. The first-order valence-electron chi connectivity index (χ1n) is 8.40. The van der Waals surface area contributed by atoms with Gasteiger partial charge in [0, 0.05) is 34.8 Å². The van der Waals surface area contributed by atoms with Crippen LogP contribution >= 0.6 is 11.6 Å². The quantitative estimate of drug-likeness (QED) is 0.784. The Kier molecular flexibility index (Phi) is 4.37. The van der Waals surface area contributed by atoms with Crippen molar-refractivity contribution in [3.63, 3.8) is 0 Å². The molecule has 4 rings (SSSR count). The third-order valence-electron chi connectivity index (χ3n) is 4.55. The molecule has 0 amide bonds. The van der Waals surface area contributed by atoms with E-state index < -0.39 is 0 Å². The van der Waals surface area contributed by atoms with E-state index in [-0.39, 0.29) is 0 Å². The normalized spacial score (nSPS) is 14.2. The van der Waals surface area contributed by atoms with Crippen LogP contribution in [0.25, 0.3) is 11.3 Å². The lowest BCUT2D eigenvalue weighted by Gasteiger charge is -2.07. The third-order valence-corrected chi connectivity index (χ3v) is 4.80. The predicted octanol–water partition coefficient (Wildman–Crippen LogP) is 3.94. The lowest BCUT2D eigenvalue weighted by atomic mass is 10.0. The first kappa shape index (κ1) is 15.4. The van der Waals surface area contributed by atoms with Gasteiger partial charge in [-0.05, 0) is 30.7 Å². The Morgan fingerprint density at radius 3 is 2.50 bits per heavy atom. The average molecular weight is 338 g/mol. The first-order valence-corrected chi connectivity index (χ1v) is 8.78. The van der Waals surface area contributed by atoms with Gasteiger partial charge < -0.3 is 5.32 Å². The summed E-state index contributed by atoms with van der Waals surface area (Å²) in [5, 5.41) is 9.23. The smallest absolute Gasteiger partial charge is 0.0958 e. The van der Waals surface area contributed by atoms with Crippen LogP contribution in [0, 0.1) is 0 Å². The number of nitrogens with one attached hydrogen (secondary N) is 1. The molecular weight excluding hydrogens is 318 g/mol. The second kappa shape index (κ2) is 6.80.